The summed E-state index contributed by atoms with van der Waals surface area (Å²) < 4.78 is 22.9. The molecule has 0 aromatic carbocycles. The second kappa shape index (κ2) is 7.57. The van der Waals surface area contributed by atoms with Crippen molar-refractivity contribution in [3.05, 3.63) is 29.6 Å². The molecule has 0 aliphatic carbocycles. The number of hydrazine groups is 1. The maximum atomic E-state index is 11.5. The van der Waals surface area contributed by atoms with Crippen molar-refractivity contribution in [2.24, 2.45) is 5.84 Å². The van der Waals surface area contributed by atoms with Crippen molar-refractivity contribution >= 4 is 9.84 Å². The van der Waals surface area contributed by atoms with Crippen molar-refractivity contribution in [1.29, 1.82) is 0 Å². The van der Waals surface area contributed by atoms with Gasteiger partial charge in [-0.3, -0.25) is 16.3 Å². The fraction of sp³-hybridized carbons (Fsp3) is 0.615. The molecule has 6 heteroatoms. The first-order valence-electron chi connectivity index (χ1n) is 6.63. The van der Waals surface area contributed by atoms with Crippen LogP contribution in [0.4, 0.5) is 0 Å². The number of rotatable bonds is 8. The van der Waals surface area contributed by atoms with Gasteiger partial charge in [-0.2, -0.15) is 0 Å². The molecule has 1 aromatic heterocycles. The van der Waals surface area contributed by atoms with E-state index in [0.29, 0.717) is 12.8 Å². The molecule has 0 bridgehead atoms. The minimum Gasteiger partial charge on any atom is -0.271 e. The van der Waals surface area contributed by atoms with Crippen LogP contribution in [-0.4, -0.2) is 24.9 Å². The van der Waals surface area contributed by atoms with Crippen molar-refractivity contribution in [3.63, 3.8) is 0 Å². The molecule has 108 valence electrons. The summed E-state index contributed by atoms with van der Waals surface area (Å²) in [5.74, 6) is 6.00. The Labute approximate surface area is 115 Å². The Bertz CT molecular complexity index is 488. The minimum absolute atomic E-state index is 0.0231. The first-order chi connectivity index (χ1) is 9.04. The lowest BCUT2D eigenvalue weighted by molar-refractivity contribution is 0.503. The summed E-state index contributed by atoms with van der Waals surface area (Å²) in [6.07, 6.45) is 5.77. The van der Waals surface area contributed by atoms with E-state index in [1.54, 1.807) is 13.1 Å². The maximum absolute atomic E-state index is 11.5. The number of hydrogen-bond donors (Lipinski definition) is 2. The number of aromatic nitrogens is 1. The standard InChI is InChI=1S/C13H23N3O2S/c1-3-11-10-15-8-7-12(11)13(16-14)6-5-9-19(17,18)4-2/h7-8,10,13,16H,3-6,9,14H2,1-2H3. The Morgan fingerprint density at radius 1 is 1.42 bits per heavy atom. The lowest BCUT2D eigenvalue weighted by Crippen LogP contribution is -2.29. The third kappa shape index (κ3) is 4.89. The number of pyridine rings is 1. The zero-order valence-corrected chi connectivity index (χ0v) is 12.4. The van der Waals surface area contributed by atoms with Crippen LogP contribution >= 0.6 is 0 Å². The highest BCUT2D eigenvalue weighted by Crippen LogP contribution is 2.21. The van der Waals surface area contributed by atoms with Gasteiger partial charge in [-0.1, -0.05) is 13.8 Å². The summed E-state index contributed by atoms with van der Waals surface area (Å²) in [4.78, 5) is 4.10. The van der Waals surface area contributed by atoms with Gasteiger partial charge in [0, 0.05) is 24.2 Å². The third-order valence-electron chi connectivity index (χ3n) is 3.29. The van der Waals surface area contributed by atoms with Crippen LogP contribution in [0.25, 0.3) is 0 Å². The molecule has 19 heavy (non-hydrogen) atoms. The largest absolute Gasteiger partial charge is 0.271 e. The van der Waals surface area contributed by atoms with E-state index in [0.717, 1.165) is 17.5 Å². The molecule has 3 N–H and O–H groups in total. The van der Waals surface area contributed by atoms with Crippen LogP contribution in [0.2, 0.25) is 0 Å². The summed E-state index contributed by atoms with van der Waals surface area (Å²) in [7, 11) is -2.90. The van der Waals surface area contributed by atoms with Gasteiger partial charge in [-0.05, 0) is 36.5 Å². The second-order valence-electron chi connectivity index (χ2n) is 4.53. The summed E-state index contributed by atoms with van der Waals surface area (Å²) in [5, 5.41) is 0. The van der Waals surface area contributed by atoms with E-state index in [2.05, 4.69) is 17.3 Å². The van der Waals surface area contributed by atoms with E-state index >= 15 is 0 Å². The first-order valence-corrected chi connectivity index (χ1v) is 8.45. The van der Waals surface area contributed by atoms with E-state index < -0.39 is 9.84 Å². The van der Waals surface area contributed by atoms with E-state index in [9.17, 15) is 8.42 Å². The molecular weight excluding hydrogens is 262 g/mol. The highest BCUT2D eigenvalue weighted by molar-refractivity contribution is 7.91. The quantitative estimate of drug-likeness (QED) is 0.556. The van der Waals surface area contributed by atoms with Crippen molar-refractivity contribution in [2.45, 2.75) is 39.2 Å². The average Bonchev–Trinajstić information content (AvgIpc) is 2.43. The molecule has 0 radical (unpaired) electrons. The fourth-order valence-corrected chi connectivity index (χ4v) is 2.95. The number of nitrogens with two attached hydrogens (primary N) is 1. The predicted octanol–water partition coefficient (Wildman–Crippen LogP) is 1.36. The molecule has 5 nitrogen and oxygen atoms in total. The molecule has 1 heterocycles. The summed E-state index contributed by atoms with van der Waals surface area (Å²) in [5.41, 5.74) is 5.02. The summed E-state index contributed by atoms with van der Waals surface area (Å²) in [6, 6.07) is 1.92. The molecule has 0 fully saturated rings. The predicted molar refractivity (Wildman–Crippen MR) is 77.2 cm³/mol. The van der Waals surface area contributed by atoms with Crippen LogP contribution < -0.4 is 11.3 Å². The number of aryl methyl sites for hydroxylation is 1. The average molecular weight is 285 g/mol. The highest BCUT2D eigenvalue weighted by atomic mass is 32.2. The smallest absolute Gasteiger partial charge is 0.150 e. The van der Waals surface area contributed by atoms with Gasteiger partial charge >= 0.3 is 0 Å². The number of sulfone groups is 1. The van der Waals surface area contributed by atoms with E-state index in [-0.39, 0.29) is 17.5 Å². The molecule has 1 rings (SSSR count). The Morgan fingerprint density at radius 3 is 2.74 bits per heavy atom. The monoisotopic (exact) mass is 285 g/mol. The Morgan fingerprint density at radius 2 is 2.16 bits per heavy atom. The molecule has 1 aromatic rings. The van der Waals surface area contributed by atoms with Gasteiger partial charge in [-0.15, -0.1) is 0 Å². The van der Waals surface area contributed by atoms with Crippen LogP contribution in [0.15, 0.2) is 18.5 Å². The number of nitrogens with zero attached hydrogens (tertiary/aromatic N) is 1. The zero-order valence-electron chi connectivity index (χ0n) is 11.6. The van der Waals surface area contributed by atoms with Crippen molar-refractivity contribution in [2.75, 3.05) is 11.5 Å². The molecule has 0 spiro atoms. The molecule has 0 aliphatic rings. The van der Waals surface area contributed by atoms with Gasteiger partial charge in [0.05, 0.1) is 5.75 Å². The lowest BCUT2D eigenvalue weighted by atomic mass is 9.98. The fourth-order valence-electron chi connectivity index (χ4n) is 2.05. The second-order valence-corrected chi connectivity index (χ2v) is 7.00. The van der Waals surface area contributed by atoms with E-state index in [4.69, 9.17) is 5.84 Å². The maximum Gasteiger partial charge on any atom is 0.150 e. The molecule has 1 atom stereocenters. The molecule has 0 saturated heterocycles. The van der Waals surface area contributed by atoms with Crippen LogP contribution in [-0.2, 0) is 16.3 Å². The van der Waals surface area contributed by atoms with Crippen molar-refractivity contribution in [1.82, 2.24) is 10.4 Å². The van der Waals surface area contributed by atoms with E-state index in [1.165, 1.54) is 0 Å². The van der Waals surface area contributed by atoms with Crippen LogP contribution in [0, 0.1) is 0 Å². The lowest BCUT2D eigenvalue weighted by Gasteiger charge is -2.18. The highest BCUT2D eigenvalue weighted by Gasteiger charge is 2.15. The van der Waals surface area contributed by atoms with Crippen molar-refractivity contribution < 1.29 is 8.42 Å². The normalized spacial score (nSPS) is 13.4. The first kappa shape index (κ1) is 16.1. The van der Waals surface area contributed by atoms with Crippen LogP contribution in [0.1, 0.15) is 43.9 Å². The minimum atomic E-state index is -2.90. The summed E-state index contributed by atoms with van der Waals surface area (Å²) in [6.45, 7) is 3.74. The topological polar surface area (TPSA) is 85.1 Å². The Kier molecular flexibility index (Phi) is 6.41. The van der Waals surface area contributed by atoms with Gasteiger partial charge in [0.25, 0.3) is 0 Å². The molecule has 0 saturated carbocycles. The summed E-state index contributed by atoms with van der Waals surface area (Å²) >= 11 is 0. The van der Waals surface area contributed by atoms with Gasteiger partial charge in [-0.25, -0.2) is 8.42 Å². The molecule has 0 amide bonds. The van der Waals surface area contributed by atoms with Gasteiger partial charge in [0.15, 0.2) is 0 Å². The Balaban J connectivity index is 2.68. The zero-order chi connectivity index (χ0) is 14.3. The molecule has 0 aliphatic heterocycles. The SMILES string of the molecule is CCc1cnccc1C(CCCS(=O)(=O)CC)NN. The number of nitrogens with one attached hydrogen (secondary N) is 1. The van der Waals surface area contributed by atoms with Crippen LogP contribution in [0.3, 0.4) is 0 Å². The van der Waals surface area contributed by atoms with Gasteiger partial charge in [0.1, 0.15) is 9.84 Å². The third-order valence-corrected chi connectivity index (χ3v) is 5.08. The van der Waals surface area contributed by atoms with Crippen molar-refractivity contribution in [3.8, 4) is 0 Å². The molecule has 1 unspecified atom stereocenters. The van der Waals surface area contributed by atoms with E-state index in [1.807, 2.05) is 12.3 Å². The molecular formula is C13H23N3O2S. The number of hydrogen-bond acceptors (Lipinski definition) is 5. The van der Waals surface area contributed by atoms with Gasteiger partial charge < -0.3 is 0 Å². The van der Waals surface area contributed by atoms with Gasteiger partial charge in [0.2, 0.25) is 0 Å². The van der Waals surface area contributed by atoms with Crippen LogP contribution in [0.5, 0.6) is 0 Å². The Hall–Kier alpha value is -0.980.